The number of pyridine rings is 1. The molecule has 14 heavy (non-hydrogen) atoms. The van der Waals surface area contributed by atoms with Gasteiger partial charge in [-0.25, -0.2) is 0 Å². The van der Waals surface area contributed by atoms with E-state index in [0.29, 0.717) is 0 Å². The van der Waals surface area contributed by atoms with Crippen LogP contribution in [0.1, 0.15) is 38.8 Å². The normalized spacial score (nSPS) is 10.8. The number of nitrogen functional groups attached to an aromatic ring is 1. The Kier molecular flexibility index (Phi) is 4.44. The van der Waals surface area contributed by atoms with Crippen LogP contribution in [0.5, 0.6) is 0 Å². The summed E-state index contributed by atoms with van der Waals surface area (Å²) < 4.78 is 0. The van der Waals surface area contributed by atoms with Crippen LogP contribution in [-0.2, 0) is 6.42 Å². The molecule has 0 fully saturated rings. The van der Waals surface area contributed by atoms with Crippen LogP contribution in [0, 0.1) is 5.92 Å². The molecule has 2 N–H and O–H groups in total. The van der Waals surface area contributed by atoms with Gasteiger partial charge >= 0.3 is 0 Å². The van der Waals surface area contributed by atoms with Crippen LogP contribution >= 0.6 is 0 Å². The van der Waals surface area contributed by atoms with Gasteiger partial charge in [-0.2, -0.15) is 0 Å². The molecular weight excluding hydrogens is 172 g/mol. The summed E-state index contributed by atoms with van der Waals surface area (Å²) in [7, 11) is 0. The Morgan fingerprint density at radius 1 is 1.29 bits per heavy atom. The molecule has 1 rings (SSSR count). The first-order valence-corrected chi connectivity index (χ1v) is 5.39. The van der Waals surface area contributed by atoms with E-state index in [2.05, 4.69) is 18.8 Å². The Balaban J connectivity index is 2.21. The summed E-state index contributed by atoms with van der Waals surface area (Å²) in [5.41, 5.74) is 7.46. The molecule has 2 nitrogen and oxygen atoms in total. The highest BCUT2D eigenvalue weighted by molar-refractivity contribution is 5.34. The van der Waals surface area contributed by atoms with E-state index in [1.165, 1.54) is 19.3 Å². The zero-order valence-electron chi connectivity index (χ0n) is 9.16. The second-order valence-electron chi connectivity index (χ2n) is 4.22. The van der Waals surface area contributed by atoms with E-state index in [4.69, 9.17) is 5.73 Å². The number of anilines is 1. The van der Waals surface area contributed by atoms with Gasteiger partial charge in [-0.15, -0.1) is 0 Å². The minimum Gasteiger partial charge on any atom is -0.397 e. The molecule has 1 aromatic rings. The smallest absolute Gasteiger partial charge is 0.0501 e. The van der Waals surface area contributed by atoms with Crippen LogP contribution in [-0.4, -0.2) is 4.98 Å². The molecule has 0 aromatic carbocycles. The standard InChI is InChI=1S/C12H20N2/c1-10(2)5-3-4-6-12-8-7-11(13)9-14-12/h7-10H,3-6,13H2,1-2H3. The van der Waals surface area contributed by atoms with E-state index in [1.54, 1.807) is 6.20 Å². The maximum Gasteiger partial charge on any atom is 0.0501 e. The minimum absolute atomic E-state index is 0.746. The number of nitrogens with zero attached hydrogens (tertiary/aromatic N) is 1. The number of aromatic nitrogens is 1. The Hall–Kier alpha value is -1.05. The number of rotatable bonds is 5. The zero-order chi connectivity index (χ0) is 10.4. The van der Waals surface area contributed by atoms with Crippen molar-refractivity contribution >= 4 is 5.69 Å². The molecule has 0 saturated carbocycles. The van der Waals surface area contributed by atoms with Gasteiger partial charge in [0, 0.05) is 5.69 Å². The van der Waals surface area contributed by atoms with Crippen molar-refractivity contribution in [3.05, 3.63) is 24.0 Å². The summed E-state index contributed by atoms with van der Waals surface area (Å²) in [6.07, 6.45) is 6.65. The molecule has 1 aromatic heterocycles. The zero-order valence-corrected chi connectivity index (χ0v) is 9.16. The van der Waals surface area contributed by atoms with Crippen molar-refractivity contribution < 1.29 is 0 Å². The lowest BCUT2D eigenvalue weighted by Gasteiger charge is -2.04. The molecule has 0 radical (unpaired) electrons. The van der Waals surface area contributed by atoms with E-state index in [-0.39, 0.29) is 0 Å². The number of hydrogen-bond donors (Lipinski definition) is 1. The summed E-state index contributed by atoms with van der Waals surface area (Å²) in [6, 6.07) is 3.94. The van der Waals surface area contributed by atoms with E-state index in [9.17, 15) is 0 Å². The highest BCUT2D eigenvalue weighted by Crippen LogP contribution is 2.10. The summed E-state index contributed by atoms with van der Waals surface area (Å²) in [6.45, 7) is 4.53. The van der Waals surface area contributed by atoms with Crippen molar-refractivity contribution in [2.75, 3.05) is 5.73 Å². The van der Waals surface area contributed by atoms with Crippen LogP contribution < -0.4 is 5.73 Å². The van der Waals surface area contributed by atoms with Crippen LogP contribution in [0.15, 0.2) is 18.3 Å². The average Bonchev–Trinajstić information content (AvgIpc) is 2.15. The van der Waals surface area contributed by atoms with Crippen LogP contribution in [0.25, 0.3) is 0 Å². The quantitative estimate of drug-likeness (QED) is 0.728. The fraction of sp³-hybridized carbons (Fsp3) is 0.583. The van der Waals surface area contributed by atoms with Gasteiger partial charge in [0.05, 0.1) is 11.9 Å². The Morgan fingerprint density at radius 2 is 2.07 bits per heavy atom. The summed E-state index contributed by atoms with van der Waals surface area (Å²) >= 11 is 0. The second-order valence-corrected chi connectivity index (χ2v) is 4.22. The summed E-state index contributed by atoms with van der Waals surface area (Å²) in [4.78, 5) is 4.27. The number of hydrogen-bond acceptors (Lipinski definition) is 2. The second kappa shape index (κ2) is 5.63. The highest BCUT2D eigenvalue weighted by atomic mass is 14.7. The summed E-state index contributed by atoms with van der Waals surface area (Å²) in [5.74, 6) is 0.814. The van der Waals surface area contributed by atoms with E-state index in [1.807, 2.05) is 12.1 Å². The molecule has 0 bridgehead atoms. The van der Waals surface area contributed by atoms with Gasteiger partial charge in [-0.3, -0.25) is 4.98 Å². The van der Waals surface area contributed by atoms with Crippen LogP contribution in [0.4, 0.5) is 5.69 Å². The van der Waals surface area contributed by atoms with E-state index in [0.717, 1.165) is 23.7 Å². The lowest BCUT2D eigenvalue weighted by atomic mass is 10.0. The number of unbranched alkanes of at least 4 members (excludes halogenated alkanes) is 1. The lowest BCUT2D eigenvalue weighted by molar-refractivity contribution is 0.536. The third-order valence-electron chi connectivity index (χ3n) is 2.31. The minimum atomic E-state index is 0.746. The third-order valence-corrected chi connectivity index (χ3v) is 2.31. The van der Waals surface area contributed by atoms with Gasteiger partial charge in [-0.05, 0) is 30.9 Å². The van der Waals surface area contributed by atoms with Crippen LogP contribution in [0.3, 0.4) is 0 Å². The van der Waals surface area contributed by atoms with Gasteiger partial charge in [-0.1, -0.05) is 26.7 Å². The molecule has 0 spiro atoms. The molecule has 0 aliphatic rings. The van der Waals surface area contributed by atoms with Gasteiger partial charge in [0.15, 0.2) is 0 Å². The van der Waals surface area contributed by atoms with Crippen molar-refractivity contribution in [3.8, 4) is 0 Å². The monoisotopic (exact) mass is 192 g/mol. The van der Waals surface area contributed by atoms with Gasteiger partial charge in [0.2, 0.25) is 0 Å². The van der Waals surface area contributed by atoms with Gasteiger partial charge < -0.3 is 5.73 Å². The van der Waals surface area contributed by atoms with Gasteiger partial charge in [0.1, 0.15) is 0 Å². The van der Waals surface area contributed by atoms with Crippen molar-refractivity contribution in [1.82, 2.24) is 4.98 Å². The maximum atomic E-state index is 5.56. The fourth-order valence-corrected chi connectivity index (χ4v) is 1.44. The topological polar surface area (TPSA) is 38.9 Å². The first-order valence-electron chi connectivity index (χ1n) is 5.39. The van der Waals surface area contributed by atoms with Crippen molar-refractivity contribution in [1.29, 1.82) is 0 Å². The first-order chi connectivity index (χ1) is 6.68. The highest BCUT2D eigenvalue weighted by Gasteiger charge is 1.96. The molecule has 0 aliphatic heterocycles. The molecule has 0 aliphatic carbocycles. The van der Waals surface area contributed by atoms with Crippen molar-refractivity contribution in [3.63, 3.8) is 0 Å². The molecule has 0 unspecified atom stereocenters. The Bertz CT molecular complexity index is 252. The predicted octanol–water partition coefficient (Wildman–Crippen LogP) is 3.03. The summed E-state index contributed by atoms with van der Waals surface area (Å²) in [5, 5.41) is 0. The SMILES string of the molecule is CC(C)CCCCc1ccc(N)cn1. The largest absolute Gasteiger partial charge is 0.397 e. The Labute approximate surface area is 86.5 Å². The molecule has 1 heterocycles. The maximum absolute atomic E-state index is 5.56. The van der Waals surface area contributed by atoms with E-state index >= 15 is 0 Å². The average molecular weight is 192 g/mol. The molecule has 2 heteroatoms. The Morgan fingerprint density at radius 3 is 2.64 bits per heavy atom. The third kappa shape index (κ3) is 4.26. The van der Waals surface area contributed by atoms with E-state index < -0.39 is 0 Å². The predicted molar refractivity (Wildman–Crippen MR) is 61.0 cm³/mol. The lowest BCUT2D eigenvalue weighted by Crippen LogP contribution is -1.94. The first kappa shape index (κ1) is 11.0. The molecule has 0 amide bonds. The van der Waals surface area contributed by atoms with Crippen molar-refractivity contribution in [2.24, 2.45) is 5.92 Å². The molecular formula is C12H20N2. The fourth-order valence-electron chi connectivity index (χ4n) is 1.44. The number of nitrogens with two attached hydrogens (primary N) is 1. The van der Waals surface area contributed by atoms with Crippen LogP contribution in [0.2, 0.25) is 0 Å². The van der Waals surface area contributed by atoms with Crippen molar-refractivity contribution in [2.45, 2.75) is 39.5 Å². The molecule has 78 valence electrons. The van der Waals surface area contributed by atoms with Gasteiger partial charge in [0.25, 0.3) is 0 Å². The molecule has 0 saturated heterocycles. The molecule has 0 atom stereocenters. The number of aryl methyl sites for hydroxylation is 1.